The maximum Gasteiger partial charge on any atom is 0.251 e. The number of amides is 1. The number of anilines is 1. The van der Waals surface area contributed by atoms with E-state index in [2.05, 4.69) is 24.1 Å². The standard InChI is InChI=1S/C23H24N2O4/c1-14(2)15-3-6-18(7-4-15)24-22(26)8-5-16-11-17-12-20-21(29-10-9-28-20)13-19(17)25-23(16)27/h3-4,6-7,11-14H,5,8-10H2,1-2H3,(H,24,26)(H,25,27). The molecule has 0 spiro atoms. The zero-order valence-corrected chi connectivity index (χ0v) is 16.6. The number of H-pyrrole nitrogens is 1. The number of rotatable bonds is 5. The Morgan fingerprint density at radius 3 is 2.45 bits per heavy atom. The van der Waals surface area contributed by atoms with Gasteiger partial charge in [0, 0.05) is 29.1 Å². The Balaban J connectivity index is 1.45. The van der Waals surface area contributed by atoms with Gasteiger partial charge in [0.15, 0.2) is 11.5 Å². The van der Waals surface area contributed by atoms with E-state index < -0.39 is 0 Å². The lowest BCUT2D eigenvalue weighted by atomic mass is 10.0. The molecule has 1 amide bonds. The summed E-state index contributed by atoms with van der Waals surface area (Å²) < 4.78 is 11.2. The molecule has 150 valence electrons. The van der Waals surface area contributed by atoms with Crippen LogP contribution in [0, 0.1) is 0 Å². The Bertz CT molecular complexity index is 1100. The van der Waals surface area contributed by atoms with Crippen molar-refractivity contribution in [2.75, 3.05) is 18.5 Å². The average Bonchev–Trinajstić information content (AvgIpc) is 2.71. The number of benzene rings is 2. The third-order valence-electron chi connectivity index (χ3n) is 5.07. The lowest BCUT2D eigenvalue weighted by Crippen LogP contribution is -2.18. The molecule has 1 aliphatic heterocycles. The van der Waals surface area contributed by atoms with Gasteiger partial charge in [0.25, 0.3) is 5.56 Å². The number of aromatic nitrogens is 1. The molecular formula is C23H24N2O4. The molecule has 0 saturated carbocycles. The van der Waals surface area contributed by atoms with Gasteiger partial charge >= 0.3 is 0 Å². The monoisotopic (exact) mass is 392 g/mol. The second-order valence-corrected chi connectivity index (χ2v) is 7.53. The van der Waals surface area contributed by atoms with Gasteiger partial charge in [0.05, 0.1) is 5.52 Å². The van der Waals surface area contributed by atoms with E-state index in [1.54, 1.807) is 6.07 Å². The molecule has 0 atom stereocenters. The Labute approximate surface area is 168 Å². The van der Waals surface area contributed by atoms with E-state index in [4.69, 9.17) is 9.47 Å². The van der Waals surface area contributed by atoms with Gasteiger partial charge in [-0.1, -0.05) is 26.0 Å². The summed E-state index contributed by atoms with van der Waals surface area (Å²) in [6.07, 6.45) is 0.584. The van der Waals surface area contributed by atoms with Gasteiger partial charge < -0.3 is 19.8 Å². The number of nitrogens with one attached hydrogen (secondary N) is 2. The summed E-state index contributed by atoms with van der Waals surface area (Å²) in [6.45, 7) is 5.26. The molecule has 0 aliphatic carbocycles. The van der Waals surface area contributed by atoms with Crippen molar-refractivity contribution >= 4 is 22.5 Å². The molecule has 2 heterocycles. The molecule has 4 rings (SSSR count). The van der Waals surface area contributed by atoms with E-state index in [1.807, 2.05) is 36.4 Å². The first kappa shape index (κ1) is 19.1. The van der Waals surface area contributed by atoms with E-state index in [0.717, 1.165) is 11.1 Å². The molecule has 29 heavy (non-hydrogen) atoms. The summed E-state index contributed by atoms with van der Waals surface area (Å²) in [4.78, 5) is 27.6. The first-order valence-corrected chi connectivity index (χ1v) is 9.85. The van der Waals surface area contributed by atoms with Crippen molar-refractivity contribution in [3.05, 3.63) is 63.9 Å². The molecule has 0 bridgehead atoms. The summed E-state index contributed by atoms with van der Waals surface area (Å²) in [6, 6.07) is 13.3. The summed E-state index contributed by atoms with van der Waals surface area (Å²) >= 11 is 0. The van der Waals surface area contributed by atoms with Crippen LogP contribution in [-0.4, -0.2) is 24.1 Å². The van der Waals surface area contributed by atoms with Gasteiger partial charge in [-0.3, -0.25) is 9.59 Å². The lowest BCUT2D eigenvalue weighted by Gasteiger charge is -2.18. The van der Waals surface area contributed by atoms with Gasteiger partial charge in [-0.25, -0.2) is 0 Å². The Kier molecular flexibility index (Phi) is 5.25. The molecule has 2 aromatic carbocycles. The fourth-order valence-electron chi connectivity index (χ4n) is 3.40. The molecular weight excluding hydrogens is 368 g/mol. The maximum atomic E-state index is 12.4. The number of ether oxygens (including phenoxy) is 2. The minimum atomic E-state index is -0.191. The minimum Gasteiger partial charge on any atom is -0.486 e. The van der Waals surface area contributed by atoms with Crippen LogP contribution < -0.4 is 20.3 Å². The van der Waals surface area contributed by atoms with Gasteiger partial charge in [-0.05, 0) is 42.2 Å². The van der Waals surface area contributed by atoms with Crippen LogP contribution in [0.25, 0.3) is 10.9 Å². The Morgan fingerprint density at radius 1 is 1.07 bits per heavy atom. The van der Waals surface area contributed by atoms with Crippen LogP contribution in [-0.2, 0) is 11.2 Å². The second-order valence-electron chi connectivity index (χ2n) is 7.53. The van der Waals surface area contributed by atoms with Crippen molar-refractivity contribution in [1.29, 1.82) is 0 Å². The molecule has 3 aromatic rings. The van der Waals surface area contributed by atoms with Crippen molar-refractivity contribution in [3.63, 3.8) is 0 Å². The maximum absolute atomic E-state index is 12.4. The highest BCUT2D eigenvalue weighted by Gasteiger charge is 2.14. The first-order valence-electron chi connectivity index (χ1n) is 9.85. The van der Waals surface area contributed by atoms with Crippen LogP contribution in [0.2, 0.25) is 0 Å². The second kappa shape index (κ2) is 7.99. The van der Waals surface area contributed by atoms with Crippen molar-refractivity contribution in [2.45, 2.75) is 32.6 Å². The van der Waals surface area contributed by atoms with Crippen molar-refractivity contribution in [3.8, 4) is 11.5 Å². The Hall–Kier alpha value is -3.28. The van der Waals surface area contributed by atoms with E-state index in [1.165, 1.54) is 5.56 Å². The molecule has 0 saturated heterocycles. The van der Waals surface area contributed by atoms with Crippen molar-refractivity contribution in [1.82, 2.24) is 4.98 Å². The summed E-state index contributed by atoms with van der Waals surface area (Å²) in [5, 5.41) is 3.74. The van der Waals surface area contributed by atoms with Crippen molar-refractivity contribution < 1.29 is 14.3 Å². The van der Waals surface area contributed by atoms with Gasteiger partial charge in [-0.15, -0.1) is 0 Å². The number of carbonyl (C=O) groups is 1. The highest BCUT2D eigenvalue weighted by molar-refractivity contribution is 5.91. The normalized spacial score (nSPS) is 12.9. The van der Waals surface area contributed by atoms with Crippen molar-refractivity contribution in [2.24, 2.45) is 0 Å². The van der Waals surface area contributed by atoms with E-state index in [0.29, 0.717) is 48.1 Å². The lowest BCUT2D eigenvalue weighted by molar-refractivity contribution is -0.116. The predicted octanol–water partition coefficient (Wildman–Crippen LogP) is 3.99. The third kappa shape index (κ3) is 4.26. The minimum absolute atomic E-state index is 0.121. The number of hydrogen-bond acceptors (Lipinski definition) is 4. The van der Waals surface area contributed by atoms with E-state index >= 15 is 0 Å². The molecule has 0 fully saturated rings. The predicted molar refractivity (Wildman–Crippen MR) is 113 cm³/mol. The molecule has 1 aliphatic rings. The van der Waals surface area contributed by atoms with Crippen LogP contribution in [0.5, 0.6) is 11.5 Å². The van der Waals surface area contributed by atoms with Crippen LogP contribution in [0.4, 0.5) is 5.69 Å². The molecule has 6 heteroatoms. The SMILES string of the molecule is CC(C)c1ccc(NC(=O)CCc2cc3cc4c(cc3[nH]c2=O)OCCO4)cc1. The van der Waals surface area contributed by atoms with E-state index in [-0.39, 0.29) is 17.9 Å². The van der Waals surface area contributed by atoms with E-state index in [9.17, 15) is 9.59 Å². The third-order valence-corrected chi connectivity index (χ3v) is 5.07. The van der Waals surface area contributed by atoms with Crippen LogP contribution in [0.1, 0.15) is 37.3 Å². The van der Waals surface area contributed by atoms with Gasteiger partial charge in [0.1, 0.15) is 13.2 Å². The van der Waals surface area contributed by atoms with Gasteiger partial charge in [-0.2, -0.15) is 0 Å². The first-order chi connectivity index (χ1) is 14.0. The highest BCUT2D eigenvalue weighted by Crippen LogP contribution is 2.33. The number of aryl methyl sites for hydroxylation is 1. The number of hydrogen-bond donors (Lipinski definition) is 2. The molecule has 6 nitrogen and oxygen atoms in total. The fourth-order valence-corrected chi connectivity index (χ4v) is 3.40. The quantitative estimate of drug-likeness (QED) is 0.688. The van der Waals surface area contributed by atoms with Crippen LogP contribution in [0.3, 0.4) is 0 Å². The molecule has 1 aromatic heterocycles. The highest BCUT2D eigenvalue weighted by atomic mass is 16.6. The average molecular weight is 392 g/mol. The summed E-state index contributed by atoms with van der Waals surface area (Å²) in [5.74, 6) is 1.63. The topological polar surface area (TPSA) is 80.4 Å². The number of pyridine rings is 1. The van der Waals surface area contributed by atoms with Gasteiger partial charge in [0.2, 0.25) is 5.91 Å². The molecule has 2 N–H and O–H groups in total. The fraction of sp³-hybridized carbons (Fsp3) is 0.304. The summed E-state index contributed by atoms with van der Waals surface area (Å²) in [7, 11) is 0. The number of carbonyl (C=O) groups excluding carboxylic acids is 1. The van der Waals surface area contributed by atoms with Crippen LogP contribution in [0.15, 0.2) is 47.3 Å². The smallest absolute Gasteiger partial charge is 0.251 e. The Morgan fingerprint density at radius 2 is 1.76 bits per heavy atom. The number of fused-ring (bicyclic) bond motifs is 2. The summed E-state index contributed by atoms with van der Waals surface area (Å²) in [5.41, 5.74) is 3.05. The molecule has 0 radical (unpaired) electrons. The zero-order chi connectivity index (χ0) is 20.4. The number of aromatic amines is 1. The zero-order valence-electron chi connectivity index (χ0n) is 16.6. The molecule has 0 unspecified atom stereocenters. The largest absolute Gasteiger partial charge is 0.486 e. The van der Waals surface area contributed by atoms with Crippen LogP contribution >= 0.6 is 0 Å².